The van der Waals surface area contributed by atoms with Crippen LogP contribution < -0.4 is 4.74 Å². The van der Waals surface area contributed by atoms with Gasteiger partial charge in [0, 0.05) is 4.47 Å². The molecule has 0 atom stereocenters. The fourth-order valence-electron chi connectivity index (χ4n) is 1.35. The maximum atomic E-state index is 11.2. The molecular weight excluding hydrogens is 304 g/mol. The summed E-state index contributed by atoms with van der Waals surface area (Å²) in [6, 6.07) is 5.34. The van der Waals surface area contributed by atoms with E-state index < -0.39 is 5.97 Å². The minimum Gasteiger partial charge on any atom is -0.496 e. The van der Waals surface area contributed by atoms with Gasteiger partial charge < -0.3 is 14.0 Å². The molecule has 0 aliphatic heterocycles. The molecule has 18 heavy (non-hydrogen) atoms. The summed E-state index contributed by atoms with van der Waals surface area (Å²) in [6.45, 7) is 0. The number of aromatic nitrogens is 2. The van der Waals surface area contributed by atoms with Gasteiger partial charge in [0.1, 0.15) is 5.75 Å². The molecule has 2 rings (SSSR count). The second-order valence-electron chi connectivity index (χ2n) is 3.26. The number of benzene rings is 1. The first kappa shape index (κ1) is 12.6. The van der Waals surface area contributed by atoms with Crippen molar-refractivity contribution >= 4 is 21.9 Å². The number of methoxy groups -OCH3 is 2. The van der Waals surface area contributed by atoms with E-state index in [1.54, 1.807) is 12.1 Å². The van der Waals surface area contributed by atoms with Gasteiger partial charge >= 0.3 is 11.9 Å². The lowest BCUT2D eigenvalue weighted by molar-refractivity contribution is 0.0545. The number of rotatable bonds is 3. The van der Waals surface area contributed by atoms with Crippen molar-refractivity contribution in [3.8, 4) is 17.1 Å². The van der Waals surface area contributed by atoms with E-state index in [1.807, 2.05) is 6.07 Å². The van der Waals surface area contributed by atoms with E-state index in [-0.39, 0.29) is 11.7 Å². The SMILES string of the molecule is COC(=O)c1nc(-c2ccc(Br)cc2OC)no1. The molecule has 1 heterocycles. The summed E-state index contributed by atoms with van der Waals surface area (Å²) in [7, 11) is 2.78. The number of hydrogen-bond acceptors (Lipinski definition) is 6. The first-order chi connectivity index (χ1) is 8.65. The average Bonchev–Trinajstić information content (AvgIpc) is 2.87. The van der Waals surface area contributed by atoms with Gasteiger partial charge in [0.25, 0.3) is 0 Å². The summed E-state index contributed by atoms with van der Waals surface area (Å²) in [5, 5.41) is 3.71. The zero-order valence-electron chi connectivity index (χ0n) is 9.64. The molecule has 0 unspecified atom stereocenters. The van der Waals surface area contributed by atoms with Crippen molar-refractivity contribution in [3.05, 3.63) is 28.6 Å². The van der Waals surface area contributed by atoms with Crippen molar-refractivity contribution < 1.29 is 18.8 Å². The van der Waals surface area contributed by atoms with Crippen LogP contribution in [0.2, 0.25) is 0 Å². The summed E-state index contributed by atoms with van der Waals surface area (Å²) in [4.78, 5) is 15.2. The molecule has 2 aromatic rings. The van der Waals surface area contributed by atoms with Gasteiger partial charge in [-0.15, -0.1) is 0 Å². The Bertz CT molecular complexity index is 582. The average molecular weight is 313 g/mol. The molecule has 0 fully saturated rings. The van der Waals surface area contributed by atoms with Crippen molar-refractivity contribution in [3.63, 3.8) is 0 Å². The molecule has 0 N–H and O–H groups in total. The van der Waals surface area contributed by atoms with E-state index in [0.717, 1.165) is 4.47 Å². The maximum Gasteiger partial charge on any atom is 0.397 e. The second-order valence-corrected chi connectivity index (χ2v) is 4.17. The van der Waals surface area contributed by atoms with E-state index in [4.69, 9.17) is 9.26 Å². The van der Waals surface area contributed by atoms with Gasteiger partial charge in [-0.3, -0.25) is 0 Å². The third-order valence-electron chi connectivity index (χ3n) is 2.19. The van der Waals surface area contributed by atoms with E-state index in [1.165, 1.54) is 14.2 Å². The fraction of sp³-hybridized carbons (Fsp3) is 0.182. The number of hydrogen-bond donors (Lipinski definition) is 0. The number of nitrogens with zero attached hydrogens (tertiary/aromatic N) is 2. The largest absolute Gasteiger partial charge is 0.496 e. The Kier molecular flexibility index (Phi) is 3.61. The predicted octanol–water partition coefficient (Wildman–Crippen LogP) is 2.29. The van der Waals surface area contributed by atoms with Crippen LogP contribution in [0.4, 0.5) is 0 Å². The molecule has 6 nitrogen and oxygen atoms in total. The van der Waals surface area contributed by atoms with Gasteiger partial charge in [0.2, 0.25) is 5.82 Å². The zero-order chi connectivity index (χ0) is 13.1. The topological polar surface area (TPSA) is 74.5 Å². The molecule has 94 valence electrons. The van der Waals surface area contributed by atoms with Crippen LogP contribution in [-0.2, 0) is 4.74 Å². The van der Waals surface area contributed by atoms with Crippen LogP contribution in [0.5, 0.6) is 5.75 Å². The third-order valence-corrected chi connectivity index (χ3v) is 2.68. The van der Waals surface area contributed by atoms with Crippen molar-refractivity contribution in [2.75, 3.05) is 14.2 Å². The number of halogens is 1. The van der Waals surface area contributed by atoms with Gasteiger partial charge in [0.15, 0.2) is 0 Å². The first-order valence-electron chi connectivity index (χ1n) is 4.91. The van der Waals surface area contributed by atoms with Crippen LogP contribution in [-0.4, -0.2) is 30.3 Å². The van der Waals surface area contributed by atoms with Crippen molar-refractivity contribution in [1.82, 2.24) is 10.1 Å². The van der Waals surface area contributed by atoms with Crippen molar-refractivity contribution in [2.24, 2.45) is 0 Å². The summed E-state index contributed by atoms with van der Waals surface area (Å²) in [5.41, 5.74) is 0.625. The second kappa shape index (κ2) is 5.18. The minimum absolute atomic E-state index is 0.197. The highest BCUT2D eigenvalue weighted by molar-refractivity contribution is 9.10. The Morgan fingerprint density at radius 1 is 1.39 bits per heavy atom. The lowest BCUT2D eigenvalue weighted by Crippen LogP contribution is -2.01. The van der Waals surface area contributed by atoms with E-state index >= 15 is 0 Å². The number of ether oxygens (including phenoxy) is 2. The van der Waals surface area contributed by atoms with Crippen LogP contribution in [0.15, 0.2) is 27.2 Å². The van der Waals surface area contributed by atoms with Crippen LogP contribution in [0.1, 0.15) is 10.7 Å². The zero-order valence-corrected chi connectivity index (χ0v) is 11.2. The van der Waals surface area contributed by atoms with Crippen LogP contribution in [0, 0.1) is 0 Å². The Hall–Kier alpha value is -1.89. The number of carbonyl (C=O) groups excluding carboxylic acids is 1. The summed E-state index contributed by atoms with van der Waals surface area (Å²) in [6.07, 6.45) is 0. The lowest BCUT2D eigenvalue weighted by atomic mass is 10.2. The molecule has 0 saturated heterocycles. The molecule has 0 radical (unpaired) electrons. The molecule has 1 aromatic carbocycles. The van der Waals surface area contributed by atoms with Gasteiger partial charge in [0.05, 0.1) is 19.8 Å². The Balaban J connectivity index is 2.42. The molecule has 0 amide bonds. The van der Waals surface area contributed by atoms with E-state index in [2.05, 4.69) is 30.8 Å². The third kappa shape index (κ3) is 2.35. The molecule has 0 aliphatic carbocycles. The molecule has 0 aliphatic rings. The summed E-state index contributed by atoms with van der Waals surface area (Å²) < 4.78 is 15.4. The number of esters is 1. The predicted molar refractivity (Wildman–Crippen MR) is 65.3 cm³/mol. The Morgan fingerprint density at radius 2 is 2.17 bits per heavy atom. The Labute approximate surface area is 111 Å². The lowest BCUT2D eigenvalue weighted by Gasteiger charge is -2.04. The summed E-state index contributed by atoms with van der Waals surface area (Å²) >= 11 is 3.33. The smallest absolute Gasteiger partial charge is 0.397 e. The summed E-state index contributed by atoms with van der Waals surface area (Å²) in [5.74, 6) is -0.0383. The van der Waals surface area contributed by atoms with Gasteiger partial charge in [-0.05, 0) is 18.2 Å². The van der Waals surface area contributed by atoms with Crippen LogP contribution in [0.3, 0.4) is 0 Å². The Morgan fingerprint density at radius 3 is 2.83 bits per heavy atom. The van der Waals surface area contributed by atoms with Crippen LogP contribution in [0.25, 0.3) is 11.4 Å². The van der Waals surface area contributed by atoms with Crippen molar-refractivity contribution in [1.29, 1.82) is 0 Å². The molecule has 0 bridgehead atoms. The first-order valence-corrected chi connectivity index (χ1v) is 5.71. The standard InChI is InChI=1S/C11H9BrN2O4/c1-16-8-5-6(12)3-4-7(8)9-13-10(18-14-9)11(15)17-2/h3-5H,1-2H3. The van der Waals surface area contributed by atoms with Gasteiger partial charge in [-0.2, -0.15) is 4.98 Å². The van der Waals surface area contributed by atoms with Gasteiger partial charge in [-0.25, -0.2) is 4.79 Å². The maximum absolute atomic E-state index is 11.2. The van der Waals surface area contributed by atoms with Crippen LogP contribution >= 0.6 is 15.9 Å². The molecule has 0 saturated carbocycles. The molecule has 1 aromatic heterocycles. The number of carbonyl (C=O) groups is 1. The highest BCUT2D eigenvalue weighted by atomic mass is 79.9. The normalized spacial score (nSPS) is 10.2. The molecule has 0 spiro atoms. The molecule has 7 heteroatoms. The van der Waals surface area contributed by atoms with Crippen molar-refractivity contribution in [2.45, 2.75) is 0 Å². The fourth-order valence-corrected chi connectivity index (χ4v) is 1.69. The quantitative estimate of drug-likeness (QED) is 0.809. The van der Waals surface area contributed by atoms with Gasteiger partial charge in [-0.1, -0.05) is 21.1 Å². The highest BCUT2D eigenvalue weighted by Gasteiger charge is 2.18. The molecular formula is C11H9BrN2O4. The minimum atomic E-state index is -0.676. The van der Waals surface area contributed by atoms with E-state index in [0.29, 0.717) is 11.3 Å². The highest BCUT2D eigenvalue weighted by Crippen LogP contribution is 2.30. The van der Waals surface area contributed by atoms with E-state index in [9.17, 15) is 4.79 Å². The monoisotopic (exact) mass is 312 g/mol.